The molecule has 2 rings (SSSR count). The summed E-state index contributed by atoms with van der Waals surface area (Å²) in [6.45, 7) is 1.91. The van der Waals surface area contributed by atoms with E-state index in [4.69, 9.17) is 23.2 Å². The molecular weight excluding hydrogens is 277 g/mol. The zero-order chi connectivity index (χ0) is 12.4. The number of thiophene rings is 1. The summed E-state index contributed by atoms with van der Waals surface area (Å²) in [7, 11) is 0. The van der Waals surface area contributed by atoms with Gasteiger partial charge >= 0.3 is 0 Å². The van der Waals surface area contributed by atoms with Gasteiger partial charge in [-0.15, -0.1) is 11.3 Å². The summed E-state index contributed by atoms with van der Waals surface area (Å²) in [5, 5.41) is 3.40. The van der Waals surface area contributed by atoms with Crippen molar-refractivity contribution in [3.05, 3.63) is 50.1 Å². The van der Waals surface area contributed by atoms with Gasteiger partial charge in [-0.05, 0) is 36.8 Å². The van der Waals surface area contributed by atoms with Gasteiger partial charge in [0.2, 0.25) is 0 Å². The molecule has 1 heterocycles. The second-order valence-corrected chi connectivity index (χ2v) is 5.67. The Balaban J connectivity index is 2.21. The van der Waals surface area contributed by atoms with Crippen LogP contribution in [0.5, 0.6) is 0 Å². The summed E-state index contributed by atoms with van der Waals surface area (Å²) in [5.74, 6) is -0.174. The number of hydrogen-bond acceptors (Lipinski definition) is 2. The molecule has 1 amide bonds. The van der Waals surface area contributed by atoms with E-state index in [1.807, 2.05) is 13.0 Å². The third-order valence-corrected chi connectivity index (χ3v) is 3.71. The van der Waals surface area contributed by atoms with E-state index >= 15 is 0 Å². The number of anilines is 1. The Kier molecular flexibility index (Phi) is 3.72. The van der Waals surface area contributed by atoms with E-state index in [9.17, 15) is 4.79 Å². The van der Waals surface area contributed by atoms with Crippen LogP contribution in [0.15, 0.2) is 30.3 Å². The molecule has 0 radical (unpaired) electrons. The Morgan fingerprint density at radius 3 is 2.65 bits per heavy atom. The topological polar surface area (TPSA) is 29.1 Å². The van der Waals surface area contributed by atoms with Crippen LogP contribution in [0.3, 0.4) is 0 Å². The first kappa shape index (κ1) is 12.4. The highest BCUT2D eigenvalue weighted by Crippen LogP contribution is 2.24. The molecule has 0 spiro atoms. The number of hydrogen-bond donors (Lipinski definition) is 1. The van der Waals surface area contributed by atoms with Gasteiger partial charge in [0.1, 0.15) is 0 Å². The molecule has 0 fully saturated rings. The molecule has 1 aromatic carbocycles. The van der Waals surface area contributed by atoms with Gasteiger partial charge in [0.05, 0.1) is 9.21 Å². The van der Waals surface area contributed by atoms with Gasteiger partial charge in [-0.3, -0.25) is 4.79 Å². The highest BCUT2D eigenvalue weighted by molar-refractivity contribution is 7.18. The Hall–Kier alpha value is -1.03. The molecular formula is C12H9Cl2NOS. The second kappa shape index (κ2) is 5.08. The average Bonchev–Trinajstić information content (AvgIpc) is 2.70. The van der Waals surface area contributed by atoms with E-state index < -0.39 is 0 Å². The predicted octanol–water partition coefficient (Wildman–Crippen LogP) is 4.62. The lowest BCUT2D eigenvalue weighted by Crippen LogP contribution is -2.10. The average molecular weight is 286 g/mol. The van der Waals surface area contributed by atoms with Crippen LogP contribution >= 0.6 is 34.5 Å². The summed E-state index contributed by atoms with van der Waals surface area (Å²) < 4.78 is 0.595. The lowest BCUT2D eigenvalue weighted by molar-refractivity contribution is 0.103. The van der Waals surface area contributed by atoms with Crippen LogP contribution in [0, 0.1) is 6.92 Å². The molecule has 0 atom stereocenters. The highest BCUT2D eigenvalue weighted by atomic mass is 35.5. The molecule has 0 aliphatic rings. The standard InChI is InChI=1S/C12H9Cl2NOS/c1-7-2-3-8(13)6-9(7)15-12(16)10-4-5-11(14)17-10/h2-6H,1H3,(H,15,16). The van der Waals surface area contributed by atoms with Gasteiger partial charge in [0, 0.05) is 10.7 Å². The van der Waals surface area contributed by atoms with E-state index in [1.54, 1.807) is 24.3 Å². The fourth-order valence-corrected chi connectivity index (χ4v) is 2.46. The van der Waals surface area contributed by atoms with Crippen molar-refractivity contribution in [2.45, 2.75) is 6.92 Å². The first-order valence-electron chi connectivity index (χ1n) is 4.89. The number of nitrogens with one attached hydrogen (secondary N) is 1. The molecule has 0 bridgehead atoms. The van der Waals surface area contributed by atoms with Crippen LogP contribution in [0.2, 0.25) is 9.36 Å². The number of rotatable bonds is 2. The molecule has 0 saturated heterocycles. The molecule has 2 aromatic rings. The summed E-state index contributed by atoms with van der Waals surface area (Å²) in [4.78, 5) is 12.5. The Labute approximate surface area is 113 Å². The monoisotopic (exact) mass is 285 g/mol. The van der Waals surface area contributed by atoms with Crippen molar-refractivity contribution in [3.8, 4) is 0 Å². The lowest BCUT2D eigenvalue weighted by atomic mass is 10.2. The normalized spacial score (nSPS) is 10.3. The van der Waals surface area contributed by atoms with Crippen LogP contribution in [0.25, 0.3) is 0 Å². The molecule has 0 aliphatic carbocycles. The van der Waals surface area contributed by atoms with Crippen LogP contribution in [-0.4, -0.2) is 5.91 Å². The van der Waals surface area contributed by atoms with E-state index in [1.165, 1.54) is 11.3 Å². The van der Waals surface area contributed by atoms with Crippen LogP contribution in [-0.2, 0) is 0 Å². The minimum absolute atomic E-state index is 0.174. The molecule has 1 aromatic heterocycles. The van der Waals surface area contributed by atoms with Gasteiger partial charge < -0.3 is 5.32 Å². The molecule has 0 unspecified atom stereocenters. The van der Waals surface area contributed by atoms with Crippen molar-refractivity contribution < 1.29 is 4.79 Å². The fraction of sp³-hybridized carbons (Fsp3) is 0.0833. The van der Waals surface area contributed by atoms with Crippen LogP contribution in [0.4, 0.5) is 5.69 Å². The van der Waals surface area contributed by atoms with Gasteiger partial charge in [-0.1, -0.05) is 29.3 Å². The van der Waals surface area contributed by atoms with Gasteiger partial charge in [-0.25, -0.2) is 0 Å². The minimum Gasteiger partial charge on any atom is -0.321 e. The van der Waals surface area contributed by atoms with Crippen molar-refractivity contribution in [1.29, 1.82) is 0 Å². The van der Waals surface area contributed by atoms with E-state index in [2.05, 4.69) is 5.32 Å². The summed E-state index contributed by atoms with van der Waals surface area (Å²) in [6, 6.07) is 8.77. The van der Waals surface area contributed by atoms with E-state index in [-0.39, 0.29) is 5.91 Å². The number of amides is 1. The minimum atomic E-state index is -0.174. The largest absolute Gasteiger partial charge is 0.321 e. The van der Waals surface area contributed by atoms with Crippen LogP contribution in [0.1, 0.15) is 15.2 Å². The first-order valence-corrected chi connectivity index (χ1v) is 6.46. The number of benzene rings is 1. The number of carbonyl (C=O) groups is 1. The number of carbonyl (C=O) groups excluding carboxylic acids is 1. The zero-order valence-electron chi connectivity index (χ0n) is 8.96. The van der Waals surface area contributed by atoms with Crippen molar-refractivity contribution in [3.63, 3.8) is 0 Å². The van der Waals surface area contributed by atoms with Crippen molar-refractivity contribution in [2.75, 3.05) is 5.32 Å². The fourth-order valence-electron chi connectivity index (χ4n) is 1.35. The Morgan fingerprint density at radius 1 is 1.24 bits per heavy atom. The number of halogens is 2. The maximum Gasteiger partial charge on any atom is 0.265 e. The maximum atomic E-state index is 11.9. The SMILES string of the molecule is Cc1ccc(Cl)cc1NC(=O)c1ccc(Cl)s1. The quantitative estimate of drug-likeness (QED) is 0.857. The maximum absolute atomic E-state index is 11.9. The lowest BCUT2D eigenvalue weighted by Gasteiger charge is -2.07. The third-order valence-electron chi connectivity index (χ3n) is 2.24. The first-order chi connectivity index (χ1) is 8.06. The Bertz CT molecular complexity index is 565. The summed E-state index contributed by atoms with van der Waals surface area (Å²) in [5.41, 5.74) is 1.68. The zero-order valence-corrected chi connectivity index (χ0v) is 11.3. The molecule has 88 valence electrons. The van der Waals surface area contributed by atoms with Crippen molar-refractivity contribution in [2.24, 2.45) is 0 Å². The molecule has 0 saturated carbocycles. The van der Waals surface area contributed by atoms with Gasteiger partial charge in [-0.2, -0.15) is 0 Å². The van der Waals surface area contributed by atoms with E-state index in [0.29, 0.717) is 19.9 Å². The van der Waals surface area contributed by atoms with Gasteiger partial charge in [0.25, 0.3) is 5.91 Å². The molecule has 0 aliphatic heterocycles. The third kappa shape index (κ3) is 3.00. The molecule has 2 nitrogen and oxygen atoms in total. The summed E-state index contributed by atoms with van der Waals surface area (Å²) in [6.07, 6.45) is 0. The molecule has 5 heteroatoms. The van der Waals surface area contributed by atoms with Gasteiger partial charge in [0.15, 0.2) is 0 Å². The predicted molar refractivity (Wildman–Crippen MR) is 73.5 cm³/mol. The second-order valence-electron chi connectivity index (χ2n) is 3.52. The summed E-state index contributed by atoms with van der Waals surface area (Å²) >= 11 is 12.9. The van der Waals surface area contributed by atoms with Crippen molar-refractivity contribution in [1.82, 2.24) is 0 Å². The van der Waals surface area contributed by atoms with Crippen LogP contribution < -0.4 is 5.32 Å². The smallest absolute Gasteiger partial charge is 0.265 e. The van der Waals surface area contributed by atoms with Crippen molar-refractivity contribution >= 4 is 46.1 Å². The Morgan fingerprint density at radius 2 is 2.00 bits per heavy atom. The van der Waals surface area contributed by atoms with E-state index in [0.717, 1.165) is 5.56 Å². The molecule has 1 N–H and O–H groups in total. The highest BCUT2D eigenvalue weighted by Gasteiger charge is 2.10. The molecule has 17 heavy (non-hydrogen) atoms. The number of aryl methyl sites for hydroxylation is 1.